The van der Waals surface area contributed by atoms with Crippen molar-refractivity contribution in [2.45, 2.75) is 50.5 Å². The van der Waals surface area contributed by atoms with E-state index in [4.69, 9.17) is 4.74 Å². The SMILES string of the molecule is CCOC(=O)C1CCN(C(=O)[C@H](C)NC(=O)C2CCN(S(=O)(=O)c3ccccc3)CC2)CC1. The van der Waals surface area contributed by atoms with Crippen LogP contribution in [0.4, 0.5) is 0 Å². The van der Waals surface area contributed by atoms with Crippen LogP contribution in [0, 0.1) is 11.8 Å². The molecule has 0 saturated carbocycles. The second-order valence-electron chi connectivity index (χ2n) is 8.57. The number of benzene rings is 1. The van der Waals surface area contributed by atoms with Crippen LogP contribution in [0.5, 0.6) is 0 Å². The van der Waals surface area contributed by atoms with Gasteiger partial charge in [0.15, 0.2) is 0 Å². The normalized spacial score (nSPS) is 19.6. The van der Waals surface area contributed by atoms with E-state index < -0.39 is 16.1 Å². The van der Waals surface area contributed by atoms with Crippen LogP contribution in [-0.4, -0.2) is 74.2 Å². The number of hydrogen-bond acceptors (Lipinski definition) is 6. The molecule has 2 fully saturated rings. The van der Waals surface area contributed by atoms with E-state index in [0.29, 0.717) is 45.4 Å². The van der Waals surface area contributed by atoms with Gasteiger partial charge in [-0.05, 0) is 51.7 Å². The molecule has 0 aliphatic carbocycles. The third kappa shape index (κ3) is 6.11. The maximum atomic E-state index is 12.8. The molecule has 2 aliphatic rings. The monoisotopic (exact) mass is 479 g/mol. The molecule has 1 aromatic rings. The fraction of sp³-hybridized carbons (Fsp3) is 0.609. The van der Waals surface area contributed by atoms with Gasteiger partial charge in [0.25, 0.3) is 0 Å². The van der Waals surface area contributed by atoms with Crippen molar-refractivity contribution in [1.82, 2.24) is 14.5 Å². The largest absolute Gasteiger partial charge is 0.466 e. The Kier molecular flexibility index (Phi) is 8.47. The Morgan fingerprint density at radius 1 is 1.00 bits per heavy atom. The van der Waals surface area contributed by atoms with E-state index in [-0.39, 0.29) is 47.6 Å². The highest BCUT2D eigenvalue weighted by Gasteiger charge is 2.34. The summed E-state index contributed by atoms with van der Waals surface area (Å²) in [6, 6.07) is 7.59. The van der Waals surface area contributed by atoms with Crippen LogP contribution in [0.2, 0.25) is 0 Å². The first-order valence-corrected chi connectivity index (χ1v) is 13.0. The number of sulfonamides is 1. The number of nitrogens with one attached hydrogen (secondary N) is 1. The Bertz CT molecular complexity index is 936. The lowest BCUT2D eigenvalue weighted by Gasteiger charge is -2.34. The molecular weight excluding hydrogens is 446 g/mol. The number of carbonyl (C=O) groups excluding carboxylic acids is 3. The molecule has 1 aromatic carbocycles. The number of hydrogen-bond donors (Lipinski definition) is 1. The molecule has 33 heavy (non-hydrogen) atoms. The highest BCUT2D eigenvalue weighted by atomic mass is 32.2. The highest BCUT2D eigenvalue weighted by molar-refractivity contribution is 7.89. The Hall–Kier alpha value is -2.46. The minimum absolute atomic E-state index is 0.172. The molecule has 0 aromatic heterocycles. The van der Waals surface area contributed by atoms with E-state index in [1.807, 2.05) is 0 Å². The summed E-state index contributed by atoms with van der Waals surface area (Å²) in [4.78, 5) is 39.3. The van der Waals surface area contributed by atoms with Crippen molar-refractivity contribution in [3.05, 3.63) is 30.3 Å². The van der Waals surface area contributed by atoms with Crippen LogP contribution in [0.1, 0.15) is 39.5 Å². The summed E-state index contributed by atoms with van der Waals surface area (Å²) in [5, 5.41) is 2.80. The summed E-state index contributed by atoms with van der Waals surface area (Å²) in [6.07, 6.45) is 1.92. The second-order valence-corrected chi connectivity index (χ2v) is 10.5. The van der Waals surface area contributed by atoms with Gasteiger partial charge in [0.05, 0.1) is 17.4 Å². The van der Waals surface area contributed by atoms with Crippen molar-refractivity contribution < 1.29 is 27.5 Å². The maximum absolute atomic E-state index is 12.8. The van der Waals surface area contributed by atoms with Crippen LogP contribution in [0.15, 0.2) is 35.2 Å². The van der Waals surface area contributed by atoms with Gasteiger partial charge in [-0.1, -0.05) is 18.2 Å². The number of carbonyl (C=O) groups is 3. The molecule has 10 heteroatoms. The Morgan fingerprint density at radius 2 is 1.58 bits per heavy atom. The Balaban J connectivity index is 1.46. The zero-order valence-electron chi connectivity index (χ0n) is 19.2. The molecule has 1 atom stereocenters. The number of nitrogens with zero attached hydrogens (tertiary/aromatic N) is 2. The van der Waals surface area contributed by atoms with E-state index in [2.05, 4.69) is 5.32 Å². The molecule has 2 saturated heterocycles. The van der Waals surface area contributed by atoms with E-state index in [0.717, 1.165) is 0 Å². The minimum Gasteiger partial charge on any atom is -0.466 e. The first-order chi connectivity index (χ1) is 15.7. The van der Waals surface area contributed by atoms with Crippen LogP contribution >= 0.6 is 0 Å². The number of esters is 1. The second kappa shape index (κ2) is 11.1. The molecule has 3 rings (SSSR count). The molecule has 0 bridgehead atoms. The third-order valence-electron chi connectivity index (χ3n) is 6.36. The zero-order chi connectivity index (χ0) is 24.0. The third-order valence-corrected chi connectivity index (χ3v) is 8.27. The first-order valence-electron chi connectivity index (χ1n) is 11.5. The standard InChI is InChI=1S/C23H33N3O6S/c1-3-32-23(29)19-9-13-25(14-10-19)22(28)17(2)24-21(27)18-11-15-26(16-12-18)33(30,31)20-7-5-4-6-8-20/h4-8,17-19H,3,9-16H2,1-2H3,(H,24,27)/t17-/m0/s1. The number of ether oxygens (including phenoxy) is 1. The van der Waals surface area contributed by atoms with Gasteiger partial charge in [-0.2, -0.15) is 4.31 Å². The maximum Gasteiger partial charge on any atom is 0.309 e. The molecule has 9 nitrogen and oxygen atoms in total. The van der Waals surface area contributed by atoms with E-state index in [1.54, 1.807) is 49.1 Å². The van der Waals surface area contributed by atoms with Crippen molar-refractivity contribution in [3.8, 4) is 0 Å². The van der Waals surface area contributed by atoms with Gasteiger partial charge in [-0.15, -0.1) is 0 Å². The van der Waals surface area contributed by atoms with Gasteiger partial charge in [0.2, 0.25) is 21.8 Å². The van der Waals surface area contributed by atoms with Gasteiger partial charge in [-0.3, -0.25) is 14.4 Å². The van der Waals surface area contributed by atoms with Gasteiger partial charge in [-0.25, -0.2) is 8.42 Å². The average molecular weight is 480 g/mol. The Labute approximate surface area is 195 Å². The fourth-order valence-corrected chi connectivity index (χ4v) is 5.85. The van der Waals surface area contributed by atoms with Gasteiger partial charge in [0.1, 0.15) is 6.04 Å². The number of likely N-dealkylation sites (tertiary alicyclic amines) is 1. The summed E-state index contributed by atoms with van der Waals surface area (Å²) in [6.45, 7) is 5.21. The molecule has 1 N–H and O–H groups in total. The van der Waals surface area contributed by atoms with Gasteiger partial charge >= 0.3 is 5.97 Å². The van der Waals surface area contributed by atoms with E-state index in [9.17, 15) is 22.8 Å². The van der Waals surface area contributed by atoms with E-state index >= 15 is 0 Å². The number of rotatable bonds is 7. The summed E-state index contributed by atoms with van der Waals surface area (Å²) in [7, 11) is -3.57. The topological polar surface area (TPSA) is 113 Å². The minimum atomic E-state index is -3.57. The van der Waals surface area contributed by atoms with E-state index in [1.165, 1.54) is 4.31 Å². The fourth-order valence-electron chi connectivity index (χ4n) is 4.36. The molecule has 2 heterocycles. The van der Waals surface area contributed by atoms with Crippen molar-refractivity contribution >= 4 is 27.8 Å². The predicted octanol–water partition coefficient (Wildman–Crippen LogP) is 1.39. The molecule has 0 spiro atoms. The highest BCUT2D eigenvalue weighted by Crippen LogP contribution is 2.24. The lowest BCUT2D eigenvalue weighted by molar-refractivity contribution is -0.151. The number of piperidine rings is 2. The van der Waals surface area contributed by atoms with Crippen molar-refractivity contribution in [1.29, 1.82) is 0 Å². The molecule has 2 amide bonds. The quantitative estimate of drug-likeness (QED) is 0.592. The van der Waals surface area contributed by atoms with Crippen molar-refractivity contribution in [3.63, 3.8) is 0 Å². The molecule has 2 aliphatic heterocycles. The van der Waals surface area contributed by atoms with Gasteiger partial charge in [0, 0.05) is 32.1 Å². The predicted molar refractivity (Wildman–Crippen MR) is 121 cm³/mol. The van der Waals surface area contributed by atoms with Crippen LogP contribution in [-0.2, 0) is 29.1 Å². The molecular formula is C23H33N3O6S. The lowest BCUT2D eigenvalue weighted by Crippen LogP contribution is -2.52. The van der Waals surface area contributed by atoms with Crippen molar-refractivity contribution in [2.24, 2.45) is 11.8 Å². The van der Waals surface area contributed by atoms with Crippen LogP contribution in [0.3, 0.4) is 0 Å². The van der Waals surface area contributed by atoms with Crippen LogP contribution in [0.25, 0.3) is 0 Å². The average Bonchev–Trinajstić information content (AvgIpc) is 2.84. The molecule has 0 radical (unpaired) electrons. The van der Waals surface area contributed by atoms with Crippen molar-refractivity contribution in [2.75, 3.05) is 32.8 Å². The Morgan fingerprint density at radius 3 is 2.15 bits per heavy atom. The summed E-state index contributed by atoms with van der Waals surface area (Å²) in [5.74, 6) is -1.14. The van der Waals surface area contributed by atoms with Gasteiger partial charge < -0.3 is 15.0 Å². The molecule has 182 valence electrons. The summed E-state index contributed by atoms with van der Waals surface area (Å²) < 4.78 is 32.0. The van der Waals surface area contributed by atoms with Crippen LogP contribution < -0.4 is 5.32 Å². The lowest BCUT2D eigenvalue weighted by atomic mass is 9.96. The number of amides is 2. The zero-order valence-corrected chi connectivity index (χ0v) is 20.1. The summed E-state index contributed by atoms with van der Waals surface area (Å²) >= 11 is 0. The first kappa shape index (κ1) is 25.2. The smallest absolute Gasteiger partial charge is 0.309 e. The molecule has 0 unspecified atom stereocenters. The summed E-state index contributed by atoms with van der Waals surface area (Å²) in [5.41, 5.74) is 0.